The Morgan fingerprint density at radius 1 is 1.55 bits per heavy atom. The SMILES string of the molecule is CCCNC(CCN1CC(C)OC(C)(C)C1)C(=O)OC. The summed E-state index contributed by atoms with van der Waals surface area (Å²) in [7, 11) is 1.45. The Morgan fingerprint density at radius 2 is 2.25 bits per heavy atom. The van der Waals surface area contributed by atoms with Crippen LogP contribution in [-0.4, -0.2) is 61.9 Å². The van der Waals surface area contributed by atoms with Gasteiger partial charge in [-0.3, -0.25) is 9.69 Å². The smallest absolute Gasteiger partial charge is 0.322 e. The first-order valence-corrected chi connectivity index (χ1v) is 7.59. The Morgan fingerprint density at radius 3 is 2.80 bits per heavy atom. The van der Waals surface area contributed by atoms with Crippen LogP contribution in [-0.2, 0) is 14.3 Å². The molecule has 0 radical (unpaired) electrons. The Kier molecular flexibility index (Phi) is 6.92. The first kappa shape index (κ1) is 17.4. The molecule has 5 heteroatoms. The van der Waals surface area contributed by atoms with E-state index >= 15 is 0 Å². The van der Waals surface area contributed by atoms with E-state index in [-0.39, 0.29) is 23.7 Å². The predicted molar refractivity (Wildman–Crippen MR) is 79.8 cm³/mol. The molecule has 0 aromatic heterocycles. The topological polar surface area (TPSA) is 50.8 Å². The maximum absolute atomic E-state index is 11.8. The number of rotatable bonds is 7. The second-order valence-corrected chi connectivity index (χ2v) is 6.24. The molecule has 0 saturated carbocycles. The summed E-state index contributed by atoms with van der Waals surface area (Å²) < 4.78 is 10.8. The third-order valence-corrected chi connectivity index (χ3v) is 3.50. The minimum Gasteiger partial charge on any atom is -0.468 e. The first-order chi connectivity index (χ1) is 9.38. The zero-order chi connectivity index (χ0) is 15.2. The number of hydrogen-bond donors (Lipinski definition) is 1. The van der Waals surface area contributed by atoms with E-state index in [1.165, 1.54) is 7.11 Å². The van der Waals surface area contributed by atoms with Crippen LogP contribution >= 0.6 is 0 Å². The van der Waals surface area contributed by atoms with Crippen LogP contribution in [0.3, 0.4) is 0 Å². The number of nitrogens with zero attached hydrogens (tertiary/aromatic N) is 1. The van der Waals surface area contributed by atoms with E-state index in [1.807, 2.05) is 0 Å². The number of morpholine rings is 1. The highest BCUT2D eigenvalue weighted by molar-refractivity contribution is 5.75. The van der Waals surface area contributed by atoms with Crippen molar-refractivity contribution in [3.63, 3.8) is 0 Å². The van der Waals surface area contributed by atoms with Crippen molar-refractivity contribution in [3.05, 3.63) is 0 Å². The monoisotopic (exact) mass is 286 g/mol. The Labute approximate surface area is 123 Å². The largest absolute Gasteiger partial charge is 0.468 e. The zero-order valence-corrected chi connectivity index (χ0v) is 13.6. The van der Waals surface area contributed by atoms with Crippen molar-refractivity contribution in [1.82, 2.24) is 10.2 Å². The molecule has 0 amide bonds. The van der Waals surface area contributed by atoms with Crippen LogP contribution in [0, 0.1) is 0 Å². The molecule has 2 unspecified atom stereocenters. The van der Waals surface area contributed by atoms with E-state index in [1.54, 1.807) is 0 Å². The lowest BCUT2D eigenvalue weighted by Gasteiger charge is -2.42. The number of esters is 1. The molecule has 2 atom stereocenters. The molecule has 0 spiro atoms. The standard InChI is InChI=1S/C15H30N2O3/c1-6-8-16-13(14(18)19-5)7-9-17-10-12(2)20-15(3,4)11-17/h12-13,16H,6-11H2,1-5H3. The third kappa shape index (κ3) is 5.77. The summed E-state index contributed by atoms with van der Waals surface area (Å²) >= 11 is 0. The molecule has 1 N–H and O–H groups in total. The van der Waals surface area contributed by atoms with Gasteiger partial charge in [-0.15, -0.1) is 0 Å². The van der Waals surface area contributed by atoms with Gasteiger partial charge in [-0.1, -0.05) is 6.92 Å². The van der Waals surface area contributed by atoms with Gasteiger partial charge in [0.15, 0.2) is 0 Å². The van der Waals surface area contributed by atoms with Crippen LogP contribution in [0.4, 0.5) is 0 Å². The van der Waals surface area contributed by atoms with Gasteiger partial charge in [-0.2, -0.15) is 0 Å². The Balaban J connectivity index is 2.47. The van der Waals surface area contributed by atoms with E-state index in [4.69, 9.17) is 9.47 Å². The van der Waals surface area contributed by atoms with E-state index in [0.717, 1.165) is 39.0 Å². The maximum atomic E-state index is 11.8. The number of carbonyl (C=O) groups excluding carboxylic acids is 1. The molecule has 5 nitrogen and oxygen atoms in total. The Hall–Kier alpha value is -0.650. The van der Waals surface area contributed by atoms with Crippen molar-refractivity contribution in [2.45, 2.75) is 58.3 Å². The fourth-order valence-corrected chi connectivity index (χ4v) is 2.83. The highest BCUT2D eigenvalue weighted by Crippen LogP contribution is 2.20. The molecule has 1 aliphatic rings. The lowest BCUT2D eigenvalue weighted by molar-refractivity contribution is -0.144. The third-order valence-electron chi connectivity index (χ3n) is 3.50. The van der Waals surface area contributed by atoms with Gasteiger partial charge in [0.25, 0.3) is 0 Å². The molecule has 1 heterocycles. The summed E-state index contributed by atoms with van der Waals surface area (Å²) in [6.45, 7) is 12.0. The highest BCUT2D eigenvalue weighted by atomic mass is 16.5. The predicted octanol–water partition coefficient (Wildman–Crippen LogP) is 1.42. The molecule has 1 rings (SSSR count). The average molecular weight is 286 g/mol. The normalized spacial score (nSPS) is 24.4. The first-order valence-electron chi connectivity index (χ1n) is 7.59. The van der Waals surface area contributed by atoms with Gasteiger partial charge in [0.05, 0.1) is 18.8 Å². The van der Waals surface area contributed by atoms with Crippen LogP contribution in [0.25, 0.3) is 0 Å². The summed E-state index contributed by atoms with van der Waals surface area (Å²) in [4.78, 5) is 14.1. The number of carbonyl (C=O) groups is 1. The van der Waals surface area contributed by atoms with E-state index in [2.05, 4.69) is 37.9 Å². The van der Waals surface area contributed by atoms with Crippen LogP contribution < -0.4 is 5.32 Å². The lowest BCUT2D eigenvalue weighted by atomic mass is 10.0. The quantitative estimate of drug-likeness (QED) is 0.717. The summed E-state index contributed by atoms with van der Waals surface area (Å²) in [5.41, 5.74) is -0.116. The molecular weight excluding hydrogens is 256 g/mol. The average Bonchev–Trinajstić information content (AvgIpc) is 2.35. The highest BCUT2D eigenvalue weighted by Gasteiger charge is 2.31. The molecule has 0 aromatic rings. The van der Waals surface area contributed by atoms with Crippen molar-refractivity contribution in [3.8, 4) is 0 Å². The van der Waals surface area contributed by atoms with E-state index < -0.39 is 0 Å². The molecule has 118 valence electrons. The van der Waals surface area contributed by atoms with Crippen LogP contribution in [0.15, 0.2) is 0 Å². The number of nitrogens with one attached hydrogen (secondary N) is 1. The van der Waals surface area contributed by atoms with Gasteiger partial charge in [0.1, 0.15) is 6.04 Å². The molecule has 0 bridgehead atoms. The van der Waals surface area contributed by atoms with E-state index in [9.17, 15) is 4.79 Å². The minimum absolute atomic E-state index is 0.116. The fraction of sp³-hybridized carbons (Fsp3) is 0.933. The molecule has 0 aromatic carbocycles. The number of ether oxygens (including phenoxy) is 2. The summed E-state index contributed by atoms with van der Waals surface area (Å²) in [5, 5.41) is 3.26. The van der Waals surface area contributed by atoms with Crippen molar-refractivity contribution >= 4 is 5.97 Å². The van der Waals surface area contributed by atoms with Crippen molar-refractivity contribution in [2.75, 3.05) is 33.3 Å². The van der Waals surface area contributed by atoms with Gasteiger partial charge >= 0.3 is 5.97 Å². The fourth-order valence-electron chi connectivity index (χ4n) is 2.83. The molecular formula is C15H30N2O3. The lowest BCUT2D eigenvalue weighted by Crippen LogP contribution is -2.53. The van der Waals surface area contributed by atoms with Gasteiger partial charge in [-0.25, -0.2) is 0 Å². The Bertz CT molecular complexity index is 307. The number of methoxy groups -OCH3 is 1. The van der Waals surface area contributed by atoms with Gasteiger partial charge in [0.2, 0.25) is 0 Å². The second kappa shape index (κ2) is 7.96. The van der Waals surface area contributed by atoms with Crippen molar-refractivity contribution in [2.24, 2.45) is 0 Å². The molecule has 20 heavy (non-hydrogen) atoms. The van der Waals surface area contributed by atoms with Crippen LogP contribution in [0.1, 0.15) is 40.5 Å². The summed E-state index contributed by atoms with van der Waals surface area (Å²) in [5.74, 6) is -0.168. The van der Waals surface area contributed by atoms with Crippen molar-refractivity contribution in [1.29, 1.82) is 0 Å². The second-order valence-electron chi connectivity index (χ2n) is 6.24. The summed E-state index contributed by atoms with van der Waals surface area (Å²) in [6.07, 6.45) is 2.02. The van der Waals surface area contributed by atoms with Crippen LogP contribution in [0.5, 0.6) is 0 Å². The number of hydrogen-bond acceptors (Lipinski definition) is 5. The van der Waals surface area contributed by atoms with Gasteiger partial charge < -0.3 is 14.8 Å². The molecule has 1 aliphatic heterocycles. The molecule has 0 aliphatic carbocycles. The molecule has 1 saturated heterocycles. The summed E-state index contributed by atoms with van der Waals surface area (Å²) in [6, 6.07) is -0.207. The zero-order valence-electron chi connectivity index (χ0n) is 13.6. The minimum atomic E-state index is -0.207. The van der Waals surface area contributed by atoms with Gasteiger partial charge in [0, 0.05) is 19.6 Å². The van der Waals surface area contributed by atoms with Crippen molar-refractivity contribution < 1.29 is 14.3 Å². The van der Waals surface area contributed by atoms with Crippen LogP contribution in [0.2, 0.25) is 0 Å². The molecule has 1 fully saturated rings. The van der Waals surface area contributed by atoms with Gasteiger partial charge in [-0.05, 0) is 40.2 Å². The van der Waals surface area contributed by atoms with E-state index in [0.29, 0.717) is 0 Å². The maximum Gasteiger partial charge on any atom is 0.322 e.